The number of urea groups is 1. The van der Waals surface area contributed by atoms with E-state index in [0.717, 1.165) is 21.7 Å². The molecule has 166 valence electrons. The van der Waals surface area contributed by atoms with Crippen LogP contribution >= 0.6 is 11.6 Å². The van der Waals surface area contributed by atoms with Crippen LogP contribution in [-0.4, -0.2) is 45.5 Å². The van der Waals surface area contributed by atoms with E-state index in [4.69, 9.17) is 14.3 Å². The average Bonchev–Trinajstić information content (AvgIpc) is 2.99. The van der Waals surface area contributed by atoms with Crippen molar-refractivity contribution in [3.8, 4) is 11.1 Å². The third-order valence-corrected chi connectivity index (χ3v) is 5.58. The Labute approximate surface area is 196 Å². The Morgan fingerprint density at radius 2 is 1.97 bits per heavy atom. The third-order valence-electron chi connectivity index (χ3n) is 5.35. The Morgan fingerprint density at radius 1 is 1.16 bits per heavy atom. The fourth-order valence-electron chi connectivity index (χ4n) is 3.60. The highest BCUT2D eigenvalue weighted by atomic mass is 35.5. The Balaban J connectivity index is 1.54. The first-order valence-electron chi connectivity index (χ1n) is 11.5. The summed E-state index contributed by atoms with van der Waals surface area (Å²) in [5, 5.41) is 3.90. The molecule has 0 spiro atoms. The molecule has 3 aromatic rings. The molecular weight excluding hydrogens is 424 g/mol. The summed E-state index contributed by atoms with van der Waals surface area (Å²) in [6.45, 7) is 3.92. The number of aromatic nitrogens is 3. The van der Waals surface area contributed by atoms with Gasteiger partial charge in [0.05, 0.1) is 20.5 Å². The number of nitrogens with zero attached hydrogens (tertiary/aromatic N) is 5. The van der Waals surface area contributed by atoms with Gasteiger partial charge in [0, 0.05) is 36.5 Å². The molecule has 7 nitrogen and oxygen atoms in total. The second kappa shape index (κ2) is 9.12. The van der Waals surface area contributed by atoms with Crippen LogP contribution in [0.4, 0.5) is 16.6 Å². The SMILES string of the molecule is [2H]C1([2H])[C@H](C(C)C)N(c2ccnc(N[C@@H](C)c3ccc(-c4cccc(Cl)c4)cn3)n2)C(=O)N1C. The molecule has 0 aliphatic carbocycles. The van der Waals surface area contributed by atoms with Gasteiger partial charge in [-0.1, -0.05) is 43.6 Å². The highest BCUT2D eigenvalue weighted by Gasteiger charge is 2.38. The van der Waals surface area contributed by atoms with Crippen LogP contribution in [0.1, 0.15) is 35.2 Å². The Kier molecular flexibility index (Phi) is 5.56. The van der Waals surface area contributed by atoms with Gasteiger partial charge < -0.3 is 10.2 Å². The molecule has 2 aromatic heterocycles. The normalized spacial score (nSPS) is 19.7. The van der Waals surface area contributed by atoms with E-state index in [1.165, 1.54) is 11.9 Å². The molecule has 8 heteroatoms. The van der Waals surface area contributed by atoms with Crippen molar-refractivity contribution < 1.29 is 7.54 Å². The lowest BCUT2D eigenvalue weighted by atomic mass is 10.0. The lowest BCUT2D eigenvalue weighted by Crippen LogP contribution is -2.38. The average molecular weight is 453 g/mol. The largest absolute Gasteiger partial charge is 0.346 e. The Bertz CT molecular complexity index is 1190. The summed E-state index contributed by atoms with van der Waals surface area (Å²) in [5.41, 5.74) is 2.75. The summed E-state index contributed by atoms with van der Waals surface area (Å²) < 4.78 is 16.8. The number of carbonyl (C=O) groups excluding carboxylic acids is 1. The van der Waals surface area contributed by atoms with Crippen LogP contribution < -0.4 is 10.2 Å². The van der Waals surface area contributed by atoms with Crippen LogP contribution in [0.5, 0.6) is 0 Å². The van der Waals surface area contributed by atoms with Gasteiger partial charge in [0.25, 0.3) is 0 Å². The molecule has 0 bridgehead atoms. The smallest absolute Gasteiger partial charge is 0.325 e. The number of halogens is 1. The van der Waals surface area contributed by atoms with Crippen LogP contribution in [0.25, 0.3) is 11.1 Å². The molecule has 1 aliphatic heterocycles. The highest BCUT2D eigenvalue weighted by molar-refractivity contribution is 6.30. The van der Waals surface area contributed by atoms with Gasteiger partial charge in [-0.25, -0.2) is 9.78 Å². The first-order valence-corrected chi connectivity index (χ1v) is 10.9. The molecule has 3 heterocycles. The molecule has 2 atom stereocenters. The zero-order chi connectivity index (χ0) is 24.6. The maximum atomic E-state index is 12.9. The fraction of sp³-hybridized carbons (Fsp3) is 0.333. The molecule has 2 amide bonds. The summed E-state index contributed by atoms with van der Waals surface area (Å²) in [6, 6.07) is 11.8. The summed E-state index contributed by atoms with van der Waals surface area (Å²) in [6.07, 6.45) is 3.36. The quantitative estimate of drug-likeness (QED) is 0.552. The van der Waals surface area contributed by atoms with E-state index < -0.39 is 18.6 Å². The number of likely N-dealkylation sites (N-methyl/N-ethyl adjacent to an activating group) is 1. The van der Waals surface area contributed by atoms with Crippen LogP contribution in [-0.2, 0) is 0 Å². The maximum Gasteiger partial charge on any atom is 0.325 e. The zero-order valence-electron chi connectivity index (χ0n) is 20.5. The molecule has 0 saturated carbocycles. The molecule has 1 aromatic carbocycles. The first-order chi connectivity index (χ1) is 16.1. The van der Waals surface area contributed by atoms with Crippen molar-refractivity contribution in [1.29, 1.82) is 0 Å². The summed E-state index contributed by atoms with van der Waals surface area (Å²) in [5.74, 6) is 0.568. The zero-order valence-corrected chi connectivity index (χ0v) is 19.2. The second-order valence-corrected chi connectivity index (χ2v) is 8.55. The van der Waals surface area contributed by atoms with Gasteiger partial charge in [0.1, 0.15) is 5.82 Å². The highest BCUT2D eigenvalue weighted by Crippen LogP contribution is 2.28. The number of nitrogens with one attached hydrogen (secondary N) is 1. The van der Waals surface area contributed by atoms with E-state index in [9.17, 15) is 4.79 Å². The third kappa shape index (κ3) is 4.53. The van der Waals surface area contributed by atoms with Crippen molar-refractivity contribution in [2.75, 3.05) is 23.8 Å². The van der Waals surface area contributed by atoms with Gasteiger partial charge in [-0.3, -0.25) is 9.88 Å². The van der Waals surface area contributed by atoms with E-state index in [1.807, 2.05) is 57.2 Å². The van der Waals surface area contributed by atoms with Crippen LogP contribution in [0.15, 0.2) is 54.9 Å². The van der Waals surface area contributed by atoms with E-state index in [-0.39, 0.29) is 12.0 Å². The summed E-state index contributed by atoms with van der Waals surface area (Å²) >= 11 is 6.09. The monoisotopic (exact) mass is 452 g/mol. The van der Waals surface area contributed by atoms with Crippen molar-refractivity contribution in [3.63, 3.8) is 0 Å². The van der Waals surface area contributed by atoms with Crippen molar-refractivity contribution in [1.82, 2.24) is 19.9 Å². The molecule has 0 unspecified atom stereocenters. The van der Waals surface area contributed by atoms with Gasteiger partial charge in [0.15, 0.2) is 0 Å². The Morgan fingerprint density at radius 3 is 2.66 bits per heavy atom. The van der Waals surface area contributed by atoms with Gasteiger partial charge in [-0.05, 0) is 42.7 Å². The van der Waals surface area contributed by atoms with Gasteiger partial charge in [0.2, 0.25) is 5.95 Å². The minimum absolute atomic E-state index is 0.114. The number of amides is 2. The van der Waals surface area contributed by atoms with Crippen molar-refractivity contribution in [2.24, 2.45) is 5.92 Å². The molecular formula is C24H27ClN6O. The summed E-state index contributed by atoms with van der Waals surface area (Å²) in [7, 11) is 1.47. The fourth-order valence-corrected chi connectivity index (χ4v) is 3.79. The van der Waals surface area contributed by atoms with Crippen molar-refractivity contribution >= 4 is 29.4 Å². The van der Waals surface area contributed by atoms with Crippen LogP contribution in [0, 0.1) is 5.92 Å². The van der Waals surface area contributed by atoms with Gasteiger partial charge >= 0.3 is 6.03 Å². The molecule has 1 saturated heterocycles. The number of hydrogen-bond donors (Lipinski definition) is 1. The number of rotatable bonds is 6. The molecule has 1 fully saturated rings. The molecule has 32 heavy (non-hydrogen) atoms. The predicted molar refractivity (Wildman–Crippen MR) is 128 cm³/mol. The number of benzene rings is 1. The number of anilines is 2. The molecule has 1 aliphatic rings. The molecule has 1 N–H and O–H groups in total. The molecule has 0 radical (unpaired) electrons. The van der Waals surface area contributed by atoms with Gasteiger partial charge in [-0.15, -0.1) is 0 Å². The maximum absolute atomic E-state index is 12.9. The lowest BCUT2D eigenvalue weighted by molar-refractivity contribution is 0.229. The van der Waals surface area contributed by atoms with Crippen molar-refractivity contribution in [3.05, 3.63) is 65.6 Å². The lowest BCUT2D eigenvalue weighted by Gasteiger charge is -2.25. The second-order valence-electron chi connectivity index (χ2n) is 8.12. The van der Waals surface area contributed by atoms with E-state index in [1.54, 1.807) is 18.5 Å². The molecule has 4 rings (SSSR count). The van der Waals surface area contributed by atoms with Crippen LogP contribution in [0.2, 0.25) is 5.02 Å². The number of hydrogen-bond acceptors (Lipinski definition) is 5. The Hall–Kier alpha value is -3.19. The standard InChI is InChI=1S/C24H27ClN6O/c1-15(2)21-14-30(4)24(32)31(21)22-10-11-26-23(29-22)28-16(3)20-9-8-18(13-27-20)17-6-5-7-19(25)12-17/h5-13,15-16,21H,14H2,1-4H3,(H,26,28,29)/t16-,21+/m0/s1/i14D2. The minimum Gasteiger partial charge on any atom is -0.346 e. The first kappa shape index (κ1) is 19.5. The van der Waals surface area contributed by atoms with E-state index >= 15 is 0 Å². The van der Waals surface area contributed by atoms with E-state index in [0.29, 0.717) is 16.8 Å². The van der Waals surface area contributed by atoms with Gasteiger partial charge in [-0.2, -0.15) is 4.98 Å². The van der Waals surface area contributed by atoms with E-state index in [2.05, 4.69) is 20.3 Å². The number of pyridine rings is 1. The number of carbonyl (C=O) groups is 1. The topological polar surface area (TPSA) is 74.2 Å². The predicted octanol–water partition coefficient (Wildman–Crippen LogP) is 5.26. The van der Waals surface area contributed by atoms with Crippen molar-refractivity contribution in [2.45, 2.75) is 32.9 Å². The summed E-state index contributed by atoms with van der Waals surface area (Å²) in [4.78, 5) is 28.8. The van der Waals surface area contributed by atoms with Crippen LogP contribution in [0.3, 0.4) is 0 Å². The minimum atomic E-state index is -1.81.